The minimum absolute atomic E-state index is 0.0921. The van der Waals surface area contributed by atoms with Crippen molar-refractivity contribution in [2.24, 2.45) is 5.92 Å². The van der Waals surface area contributed by atoms with Gasteiger partial charge in [-0.3, -0.25) is 9.59 Å². The maximum atomic E-state index is 11.6. The summed E-state index contributed by atoms with van der Waals surface area (Å²) in [6.45, 7) is 3.13. The Bertz CT molecular complexity index is 238. The topological polar surface area (TPSA) is 78.9 Å². The maximum Gasteiger partial charge on any atom is 0.304 e. The molecule has 0 saturated carbocycles. The van der Waals surface area contributed by atoms with Gasteiger partial charge in [0.1, 0.15) is 0 Å². The van der Waals surface area contributed by atoms with E-state index in [-0.39, 0.29) is 18.4 Å². The maximum absolute atomic E-state index is 11.6. The Balaban J connectivity index is 2.30. The Labute approximate surface area is 88.8 Å². The molecule has 2 N–H and O–H groups in total. The highest BCUT2D eigenvalue weighted by Gasteiger charge is 2.26. The third kappa shape index (κ3) is 4.78. The summed E-state index contributed by atoms with van der Waals surface area (Å²) < 4.78 is 4.95. The van der Waals surface area contributed by atoms with Gasteiger partial charge in [-0.1, -0.05) is 13.3 Å². The Morgan fingerprint density at radius 2 is 2.27 bits per heavy atom. The molecular weight excluding hydrogens is 198 g/mol. The highest BCUT2D eigenvalue weighted by atomic mass is 16.6. The van der Waals surface area contributed by atoms with E-state index in [0.29, 0.717) is 19.6 Å². The SMILES string of the molecule is CCCC(CC(=O)O)C(=O)NCC1CO1. The zero-order valence-corrected chi connectivity index (χ0v) is 8.86. The second-order valence-electron chi connectivity index (χ2n) is 3.78. The normalized spacial score (nSPS) is 20.7. The lowest BCUT2D eigenvalue weighted by Crippen LogP contribution is -2.34. The molecular formula is C10H17NO4. The third-order valence-corrected chi connectivity index (χ3v) is 2.34. The Morgan fingerprint density at radius 3 is 2.73 bits per heavy atom. The average Bonchev–Trinajstić information content (AvgIpc) is 2.96. The van der Waals surface area contributed by atoms with Crippen molar-refractivity contribution in [3.05, 3.63) is 0 Å². The van der Waals surface area contributed by atoms with E-state index in [9.17, 15) is 9.59 Å². The molecule has 0 radical (unpaired) electrons. The second kappa shape index (κ2) is 5.70. The largest absolute Gasteiger partial charge is 0.481 e. The second-order valence-corrected chi connectivity index (χ2v) is 3.78. The van der Waals surface area contributed by atoms with E-state index >= 15 is 0 Å². The van der Waals surface area contributed by atoms with Gasteiger partial charge in [-0.2, -0.15) is 0 Å². The minimum atomic E-state index is -0.925. The third-order valence-electron chi connectivity index (χ3n) is 2.34. The lowest BCUT2D eigenvalue weighted by molar-refractivity contribution is -0.141. The predicted molar refractivity (Wildman–Crippen MR) is 53.4 cm³/mol. The molecule has 0 aromatic heterocycles. The summed E-state index contributed by atoms with van der Waals surface area (Å²) in [5.41, 5.74) is 0. The Kier molecular flexibility index (Phi) is 4.55. The molecule has 1 amide bonds. The van der Waals surface area contributed by atoms with Gasteiger partial charge in [0, 0.05) is 12.5 Å². The van der Waals surface area contributed by atoms with E-state index in [1.54, 1.807) is 0 Å². The first-order valence-electron chi connectivity index (χ1n) is 5.24. The van der Waals surface area contributed by atoms with E-state index in [0.717, 1.165) is 6.42 Å². The van der Waals surface area contributed by atoms with Crippen LogP contribution in [0, 0.1) is 5.92 Å². The Hall–Kier alpha value is -1.10. The fourth-order valence-electron chi connectivity index (χ4n) is 1.43. The van der Waals surface area contributed by atoms with Crippen molar-refractivity contribution in [3.8, 4) is 0 Å². The highest BCUT2D eigenvalue weighted by molar-refractivity contribution is 5.83. The van der Waals surface area contributed by atoms with Crippen LogP contribution < -0.4 is 5.32 Å². The van der Waals surface area contributed by atoms with Gasteiger partial charge in [0.25, 0.3) is 0 Å². The van der Waals surface area contributed by atoms with Crippen molar-refractivity contribution in [3.63, 3.8) is 0 Å². The van der Waals surface area contributed by atoms with Crippen molar-refractivity contribution in [2.75, 3.05) is 13.2 Å². The van der Waals surface area contributed by atoms with Crippen LogP contribution in [0.15, 0.2) is 0 Å². The molecule has 5 heteroatoms. The van der Waals surface area contributed by atoms with E-state index in [2.05, 4.69) is 5.32 Å². The summed E-state index contributed by atoms with van der Waals surface area (Å²) >= 11 is 0. The number of rotatable bonds is 7. The first kappa shape index (κ1) is 12.0. The summed E-state index contributed by atoms with van der Waals surface area (Å²) in [6.07, 6.45) is 1.47. The molecule has 1 aliphatic heterocycles. The molecule has 0 bridgehead atoms. The van der Waals surface area contributed by atoms with Crippen LogP contribution in [-0.4, -0.2) is 36.2 Å². The number of carbonyl (C=O) groups excluding carboxylic acids is 1. The number of hydrogen-bond acceptors (Lipinski definition) is 3. The van der Waals surface area contributed by atoms with Crippen LogP contribution in [0.3, 0.4) is 0 Å². The predicted octanol–water partition coefficient (Wildman–Crippen LogP) is 0.392. The van der Waals surface area contributed by atoms with Crippen LogP contribution in [0.5, 0.6) is 0 Å². The van der Waals surface area contributed by atoms with E-state index in [4.69, 9.17) is 9.84 Å². The standard InChI is InChI=1S/C10H17NO4/c1-2-3-7(4-9(12)13)10(14)11-5-8-6-15-8/h7-8H,2-6H2,1H3,(H,11,14)(H,12,13). The molecule has 2 unspecified atom stereocenters. The molecule has 0 aliphatic carbocycles. The van der Waals surface area contributed by atoms with Crippen molar-refractivity contribution >= 4 is 11.9 Å². The number of ether oxygens (including phenoxy) is 1. The van der Waals surface area contributed by atoms with Crippen molar-refractivity contribution in [1.82, 2.24) is 5.32 Å². The quantitative estimate of drug-likeness (QED) is 0.602. The van der Waals surface area contributed by atoms with Gasteiger partial charge in [-0.25, -0.2) is 0 Å². The molecule has 0 aromatic rings. The van der Waals surface area contributed by atoms with E-state index < -0.39 is 11.9 Å². The molecule has 1 rings (SSSR count). The minimum Gasteiger partial charge on any atom is -0.481 e. The van der Waals surface area contributed by atoms with Gasteiger partial charge < -0.3 is 15.2 Å². The molecule has 1 fully saturated rings. The van der Waals surface area contributed by atoms with Crippen molar-refractivity contribution < 1.29 is 19.4 Å². The molecule has 15 heavy (non-hydrogen) atoms. The van der Waals surface area contributed by atoms with Crippen LogP contribution in [0.25, 0.3) is 0 Å². The lowest BCUT2D eigenvalue weighted by atomic mass is 9.99. The van der Waals surface area contributed by atoms with Gasteiger partial charge in [-0.05, 0) is 6.42 Å². The first-order chi connectivity index (χ1) is 7.13. The van der Waals surface area contributed by atoms with Gasteiger partial charge in [0.15, 0.2) is 0 Å². The number of carboxylic acids is 1. The smallest absolute Gasteiger partial charge is 0.304 e. The van der Waals surface area contributed by atoms with E-state index in [1.807, 2.05) is 6.92 Å². The number of hydrogen-bond donors (Lipinski definition) is 2. The number of epoxide rings is 1. The highest BCUT2D eigenvalue weighted by Crippen LogP contribution is 2.12. The summed E-state index contributed by atoms with van der Waals surface area (Å²) in [4.78, 5) is 22.1. The summed E-state index contributed by atoms with van der Waals surface area (Å²) in [7, 11) is 0. The first-order valence-corrected chi connectivity index (χ1v) is 5.24. The zero-order chi connectivity index (χ0) is 11.3. The van der Waals surface area contributed by atoms with Crippen molar-refractivity contribution in [2.45, 2.75) is 32.3 Å². The molecule has 86 valence electrons. The van der Waals surface area contributed by atoms with Gasteiger partial charge in [0.2, 0.25) is 5.91 Å². The molecule has 1 saturated heterocycles. The number of carbonyl (C=O) groups is 2. The zero-order valence-electron chi connectivity index (χ0n) is 8.86. The number of aliphatic carboxylic acids is 1. The average molecular weight is 215 g/mol. The fraction of sp³-hybridized carbons (Fsp3) is 0.800. The van der Waals surface area contributed by atoms with Crippen molar-refractivity contribution in [1.29, 1.82) is 0 Å². The van der Waals surface area contributed by atoms with Gasteiger partial charge in [-0.15, -0.1) is 0 Å². The molecule has 5 nitrogen and oxygen atoms in total. The molecule has 0 aromatic carbocycles. The van der Waals surface area contributed by atoms with Gasteiger partial charge >= 0.3 is 5.97 Å². The lowest BCUT2D eigenvalue weighted by Gasteiger charge is -2.13. The Morgan fingerprint density at radius 1 is 1.60 bits per heavy atom. The molecule has 1 aliphatic rings. The van der Waals surface area contributed by atoms with E-state index in [1.165, 1.54) is 0 Å². The summed E-state index contributed by atoms with van der Waals surface area (Å²) in [6, 6.07) is 0. The summed E-state index contributed by atoms with van der Waals surface area (Å²) in [5.74, 6) is -1.51. The number of amides is 1. The van der Waals surface area contributed by atoms with Crippen LogP contribution in [0.1, 0.15) is 26.2 Å². The van der Waals surface area contributed by atoms with Crippen LogP contribution >= 0.6 is 0 Å². The fourth-order valence-corrected chi connectivity index (χ4v) is 1.43. The molecule has 1 heterocycles. The number of nitrogens with one attached hydrogen (secondary N) is 1. The molecule has 0 spiro atoms. The molecule has 2 atom stereocenters. The van der Waals surface area contributed by atoms with Crippen LogP contribution in [0.4, 0.5) is 0 Å². The van der Waals surface area contributed by atoms with Crippen LogP contribution in [0.2, 0.25) is 0 Å². The monoisotopic (exact) mass is 215 g/mol. The van der Waals surface area contributed by atoms with Gasteiger partial charge in [0.05, 0.1) is 19.1 Å². The summed E-state index contributed by atoms with van der Waals surface area (Å²) in [5, 5.41) is 11.4. The number of carboxylic acid groups (broad SMARTS) is 1. The van der Waals surface area contributed by atoms with Crippen LogP contribution in [-0.2, 0) is 14.3 Å².